The maximum absolute atomic E-state index is 5.55. The van der Waals surface area contributed by atoms with Crippen LogP contribution in [0.3, 0.4) is 0 Å². The highest BCUT2D eigenvalue weighted by atomic mass is 16.5. The Hall–Kier alpha value is -1.16. The number of piperidine rings is 1. The molecule has 0 bridgehead atoms. The van der Waals surface area contributed by atoms with Crippen LogP contribution in [0, 0.1) is 6.92 Å². The summed E-state index contributed by atoms with van der Waals surface area (Å²) >= 11 is 0. The summed E-state index contributed by atoms with van der Waals surface area (Å²) < 4.78 is 5.55. The Balaban J connectivity index is 1.69. The van der Waals surface area contributed by atoms with Gasteiger partial charge in [-0.25, -0.2) is 0 Å². The quantitative estimate of drug-likeness (QED) is 0.840. The highest BCUT2D eigenvalue weighted by Gasteiger charge is 2.12. The Morgan fingerprint density at radius 3 is 3.00 bits per heavy atom. The molecule has 2 heterocycles. The molecule has 1 fully saturated rings. The molecule has 0 aliphatic carbocycles. The first-order valence-electron chi connectivity index (χ1n) is 6.01. The van der Waals surface area contributed by atoms with Crippen LogP contribution in [0.4, 0.5) is 0 Å². The summed E-state index contributed by atoms with van der Waals surface area (Å²) in [5.74, 6) is 0.626. The molecule has 0 radical (unpaired) electrons. The van der Waals surface area contributed by atoms with E-state index in [4.69, 9.17) is 4.74 Å². The largest absolute Gasteiger partial charge is 0.477 e. The van der Waals surface area contributed by atoms with Gasteiger partial charge in [0, 0.05) is 12.1 Å². The molecular formula is C12H19N3O. The average Bonchev–Trinajstić information content (AvgIpc) is 2.33. The van der Waals surface area contributed by atoms with Crippen molar-refractivity contribution in [1.82, 2.24) is 15.5 Å². The van der Waals surface area contributed by atoms with Crippen LogP contribution >= 0.6 is 0 Å². The number of aromatic nitrogens is 2. The lowest BCUT2D eigenvalue weighted by molar-refractivity contribution is 0.258. The highest BCUT2D eigenvalue weighted by molar-refractivity contribution is 5.10. The monoisotopic (exact) mass is 221 g/mol. The Bertz CT molecular complexity index is 307. The topological polar surface area (TPSA) is 47.0 Å². The molecule has 1 aliphatic heterocycles. The molecule has 1 atom stereocenters. The zero-order valence-electron chi connectivity index (χ0n) is 9.78. The highest BCUT2D eigenvalue weighted by Crippen LogP contribution is 2.11. The predicted molar refractivity (Wildman–Crippen MR) is 62.5 cm³/mol. The number of nitrogens with zero attached hydrogens (tertiary/aromatic N) is 2. The van der Waals surface area contributed by atoms with Gasteiger partial charge >= 0.3 is 0 Å². The SMILES string of the molecule is Cc1ccc(OCC[C@H]2CCCCN2)nn1. The molecule has 2 rings (SSSR count). The minimum Gasteiger partial charge on any atom is -0.477 e. The number of rotatable bonds is 4. The summed E-state index contributed by atoms with van der Waals surface area (Å²) in [5.41, 5.74) is 0.918. The van der Waals surface area contributed by atoms with Crippen molar-refractivity contribution in [2.45, 2.75) is 38.6 Å². The van der Waals surface area contributed by atoms with E-state index >= 15 is 0 Å². The van der Waals surface area contributed by atoms with Crippen molar-refractivity contribution in [2.75, 3.05) is 13.2 Å². The number of hydrogen-bond donors (Lipinski definition) is 1. The third-order valence-electron chi connectivity index (χ3n) is 2.90. The zero-order chi connectivity index (χ0) is 11.2. The van der Waals surface area contributed by atoms with E-state index in [-0.39, 0.29) is 0 Å². The van der Waals surface area contributed by atoms with Gasteiger partial charge in [-0.15, -0.1) is 5.10 Å². The minimum atomic E-state index is 0.618. The fraction of sp³-hybridized carbons (Fsp3) is 0.667. The van der Waals surface area contributed by atoms with E-state index in [1.54, 1.807) is 0 Å². The molecule has 0 spiro atoms. The van der Waals surface area contributed by atoms with Crippen LogP contribution in [0.15, 0.2) is 12.1 Å². The van der Waals surface area contributed by atoms with Crippen molar-refractivity contribution in [3.05, 3.63) is 17.8 Å². The van der Waals surface area contributed by atoms with Crippen LogP contribution < -0.4 is 10.1 Å². The van der Waals surface area contributed by atoms with Gasteiger partial charge in [0.25, 0.3) is 0 Å². The average molecular weight is 221 g/mol. The second-order valence-electron chi connectivity index (χ2n) is 4.30. The van der Waals surface area contributed by atoms with E-state index in [0.717, 1.165) is 25.3 Å². The first-order chi connectivity index (χ1) is 7.84. The van der Waals surface area contributed by atoms with Crippen LogP contribution in [-0.4, -0.2) is 29.4 Å². The molecule has 88 valence electrons. The zero-order valence-corrected chi connectivity index (χ0v) is 9.78. The number of aryl methyl sites for hydroxylation is 1. The van der Waals surface area contributed by atoms with Gasteiger partial charge in [0.2, 0.25) is 5.88 Å². The summed E-state index contributed by atoms with van der Waals surface area (Å²) in [7, 11) is 0. The van der Waals surface area contributed by atoms with E-state index in [9.17, 15) is 0 Å². The van der Waals surface area contributed by atoms with Crippen molar-refractivity contribution in [3.8, 4) is 5.88 Å². The van der Waals surface area contributed by atoms with E-state index < -0.39 is 0 Å². The Labute approximate surface area is 96.4 Å². The van der Waals surface area contributed by atoms with Gasteiger partial charge in [0.1, 0.15) is 0 Å². The lowest BCUT2D eigenvalue weighted by Crippen LogP contribution is -2.35. The second-order valence-corrected chi connectivity index (χ2v) is 4.30. The molecule has 1 aromatic rings. The van der Waals surface area contributed by atoms with Crippen LogP contribution in [-0.2, 0) is 0 Å². The van der Waals surface area contributed by atoms with Crippen molar-refractivity contribution in [2.24, 2.45) is 0 Å². The first kappa shape index (κ1) is 11.3. The van der Waals surface area contributed by atoms with Gasteiger partial charge < -0.3 is 10.1 Å². The van der Waals surface area contributed by atoms with Crippen molar-refractivity contribution in [1.29, 1.82) is 0 Å². The van der Waals surface area contributed by atoms with Crippen molar-refractivity contribution >= 4 is 0 Å². The summed E-state index contributed by atoms with van der Waals surface area (Å²) in [6.45, 7) is 3.78. The van der Waals surface area contributed by atoms with Gasteiger partial charge in [-0.3, -0.25) is 0 Å². The van der Waals surface area contributed by atoms with Gasteiger partial charge in [0.15, 0.2) is 0 Å². The minimum absolute atomic E-state index is 0.618. The second kappa shape index (κ2) is 5.80. The van der Waals surface area contributed by atoms with Crippen LogP contribution in [0.2, 0.25) is 0 Å². The van der Waals surface area contributed by atoms with E-state index in [0.29, 0.717) is 11.9 Å². The van der Waals surface area contributed by atoms with Crippen LogP contribution in [0.1, 0.15) is 31.4 Å². The third-order valence-corrected chi connectivity index (χ3v) is 2.90. The van der Waals surface area contributed by atoms with Gasteiger partial charge in [-0.1, -0.05) is 6.42 Å². The molecule has 4 nitrogen and oxygen atoms in total. The van der Waals surface area contributed by atoms with Gasteiger partial charge in [-0.05, 0) is 38.8 Å². The molecular weight excluding hydrogens is 202 g/mol. The maximum atomic E-state index is 5.55. The third kappa shape index (κ3) is 3.45. The standard InChI is InChI=1S/C12H19N3O/c1-10-5-6-12(15-14-10)16-9-7-11-4-2-3-8-13-11/h5-6,11,13H,2-4,7-9H2,1H3/t11-/m1/s1. The molecule has 1 aromatic heterocycles. The van der Waals surface area contributed by atoms with E-state index in [1.807, 2.05) is 19.1 Å². The molecule has 16 heavy (non-hydrogen) atoms. The van der Waals surface area contributed by atoms with E-state index in [1.165, 1.54) is 19.3 Å². The fourth-order valence-corrected chi connectivity index (χ4v) is 1.94. The molecule has 1 saturated heterocycles. The number of hydrogen-bond acceptors (Lipinski definition) is 4. The summed E-state index contributed by atoms with van der Waals surface area (Å²) in [5, 5.41) is 11.4. The van der Waals surface area contributed by atoms with Crippen LogP contribution in [0.25, 0.3) is 0 Å². The Kier molecular flexibility index (Phi) is 4.10. The molecule has 0 unspecified atom stereocenters. The van der Waals surface area contributed by atoms with Gasteiger partial charge in [-0.2, -0.15) is 5.10 Å². The molecule has 0 aromatic carbocycles. The first-order valence-corrected chi connectivity index (χ1v) is 6.01. The smallest absolute Gasteiger partial charge is 0.233 e. The molecule has 0 saturated carbocycles. The summed E-state index contributed by atoms with van der Waals surface area (Å²) in [6, 6.07) is 4.41. The lowest BCUT2D eigenvalue weighted by Gasteiger charge is -2.23. The predicted octanol–water partition coefficient (Wildman–Crippen LogP) is 1.70. The maximum Gasteiger partial charge on any atom is 0.233 e. The molecule has 1 aliphatic rings. The summed E-state index contributed by atoms with van der Waals surface area (Å²) in [6.07, 6.45) is 4.96. The number of ether oxygens (including phenoxy) is 1. The Morgan fingerprint density at radius 1 is 1.38 bits per heavy atom. The number of nitrogens with one attached hydrogen (secondary N) is 1. The van der Waals surface area contributed by atoms with Crippen LogP contribution in [0.5, 0.6) is 5.88 Å². The van der Waals surface area contributed by atoms with Crippen molar-refractivity contribution in [3.63, 3.8) is 0 Å². The molecule has 0 amide bonds. The lowest BCUT2D eigenvalue weighted by atomic mass is 10.0. The fourth-order valence-electron chi connectivity index (χ4n) is 1.94. The van der Waals surface area contributed by atoms with Gasteiger partial charge in [0.05, 0.1) is 12.3 Å². The van der Waals surface area contributed by atoms with Crippen molar-refractivity contribution < 1.29 is 4.74 Å². The normalized spacial score (nSPS) is 20.7. The molecule has 1 N–H and O–H groups in total. The Morgan fingerprint density at radius 2 is 2.31 bits per heavy atom. The molecule has 4 heteroatoms. The van der Waals surface area contributed by atoms with E-state index in [2.05, 4.69) is 15.5 Å². The summed E-state index contributed by atoms with van der Waals surface area (Å²) in [4.78, 5) is 0.